The molecule has 2 aromatic rings. The Morgan fingerprint density at radius 2 is 1.85 bits per heavy atom. The monoisotopic (exact) mass is 423 g/mol. The van der Waals surface area contributed by atoms with Crippen molar-refractivity contribution >= 4 is 58.4 Å². The number of rotatable bonds is 6. The van der Waals surface area contributed by atoms with Gasteiger partial charge < -0.3 is 15.8 Å². The van der Waals surface area contributed by atoms with Crippen LogP contribution in [-0.2, 0) is 9.59 Å². The summed E-state index contributed by atoms with van der Waals surface area (Å²) in [6, 6.07) is 11.2. The Morgan fingerprint density at radius 3 is 2.41 bits per heavy atom. The molecule has 0 heterocycles. The number of nitrogens with two attached hydrogens (primary N) is 1. The van der Waals surface area contributed by atoms with E-state index in [1.54, 1.807) is 24.3 Å². The molecule has 6 nitrogen and oxygen atoms in total. The summed E-state index contributed by atoms with van der Waals surface area (Å²) in [5, 5.41) is 12.5. The van der Waals surface area contributed by atoms with Crippen molar-refractivity contribution in [2.24, 2.45) is 5.73 Å². The second-order valence-corrected chi connectivity index (χ2v) is 6.45. The van der Waals surface area contributed by atoms with Crippen molar-refractivity contribution in [3.63, 3.8) is 0 Å². The van der Waals surface area contributed by atoms with E-state index in [0.717, 1.165) is 0 Å². The molecule has 3 N–H and O–H groups in total. The minimum atomic E-state index is -0.685. The Balaban J connectivity index is 2.25. The Labute approximate surface area is 170 Å². The van der Waals surface area contributed by atoms with E-state index in [1.165, 1.54) is 18.2 Å². The second-order valence-electron chi connectivity index (χ2n) is 5.20. The maximum Gasteiger partial charge on any atom is 0.266 e. The molecule has 0 aliphatic carbocycles. The highest BCUT2D eigenvalue weighted by Crippen LogP contribution is 2.34. The van der Waals surface area contributed by atoms with Crippen LogP contribution in [0.25, 0.3) is 6.08 Å². The smallest absolute Gasteiger partial charge is 0.266 e. The number of carbonyl (C=O) groups excluding carboxylic acids is 2. The molecule has 138 valence electrons. The number of anilines is 1. The first-order valence-electron chi connectivity index (χ1n) is 7.39. The SMILES string of the molecule is N#C/C(=C\c1cc(Cl)c(OCC(N)=O)c(Cl)c1)C(=O)Nc1cccc(Cl)c1. The highest BCUT2D eigenvalue weighted by Gasteiger charge is 2.13. The zero-order valence-corrected chi connectivity index (χ0v) is 15.9. The van der Waals surface area contributed by atoms with Gasteiger partial charge in [0.2, 0.25) is 0 Å². The van der Waals surface area contributed by atoms with Gasteiger partial charge in [0.05, 0.1) is 10.0 Å². The van der Waals surface area contributed by atoms with Crippen molar-refractivity contribution in [1.82, 2.24) is 0 Å². The van der Waals surface area contributed by atoms with E-state index >= 15 is 0 Å². The summed E-state index contributed by atoms with van der Waals surface area (Å²) in [5.41, 5.74) is 5.68. The first-order chi connectivity index (χ1) is 12.8. The van der Waals surface area contributed by atoms with Gasteiger partial charge in [-0.1, -0.05) is 40.9 Å². The van der Waals surface area contributed by atoms with Crippen LogP contribution in [0.3, 0.4) is 0 Å². The molecular weight excluding hydrogens is 413 g/mol. The lowest BCUT2D eigenvalue weighted by atomic mass is 10.1. The van der Waals surface area contributed by atoms with E-state index in [1.807, 2.05) is 6.07 Å². The lowest BCUT2D eigenvalue weighted by molar-refractivity contribution is -0.120. The van der Waals surface area contributed by atoms with Crippen LogP contribution in [-0.4, -0.2) is 18.4 Å². The van der Waals surface area contributed by atoms with Gasteiger partial charge in [-0.25, -0.2) is 0 Å². The van der Waals surface area contributed by atoms with Crippen molar-refractivity contribution in [2.75, 3.05) is 11.9 Å². The summed E-state index contributed by atoms with van der Waals surface area (Å²) < 4.78 is 5.14. The predicted molar refractivity (Wildman–Crippen MR) is 105 cm³/mol. The van der Waals surface area contributed by atoms with Crippen LogP contribution >= 0.6 is 34.8 Å². The van der Waals surface area contributed by atoms with Crippen molar-refractivity contribution in [2.45, 2.75) is 0 Å². The van der Waals surface area contributed by atoms with Gasteiger partial charge >= 0.3 is 0 Å². The van der Waals surface area contributed by atoms with Crippen LogP contribution in [0, 0.1) is 11.3 Å². The summed E-state index contributed by atoms with van der Waals surface area (Å²) in [6.45, 7) is -0.389. The number of nitriles is 1. The number of primary amides is 1. The molecule has 0 aromatic heterocycles. The van der Waals surface area contributed by atoms with Gasteiger partial charge in [-0.3, -0.25) is 9.59 Å². The highest BCUT2D eigenvalue weighted by molar-refractivity contribution is 6.37. The molecule has 0 aliphatic rings. The third-order valence-electron chi connectivity index (χ3n) is 3.14. The molecule has 0 unspecified atom stereocenters. The number of carbonyl (C=O) groups is 2. The molecule has 0 bridgehead atoms. The molecule has 0 spiro atoms. The van der Waals surface area contributed by atoms with Gasteiger partial charge in [0.15, 0.2) is 12.4 Å². The van der Waals surface area contributed by atoms with Crippen LogP contribution in [0.5, 0.6) is 5.75 Å². The van der Waals surface area contributed by atoms with Crippen LogP contribution in [0.4, 0.5) is 5.69 Å². The molecule has 0 radical (unpaired) electrons. The predicted octanol–water partition coefficient (Wildman–Crippen LogP) is 4.06. The number of halogens is 3. The van der Waals surface area contributed by atoms with Crippen LogP contribution in [0.15, 0.2) is 42.0 Å². The maximum absolute atomic E-state index is 12.3. The molecule has 0 atom stereocenters. The first-order valence-corrected chi connectivity index (χ1v) is 8.52. The van der Waals surface area contributed by atoms with E-state index < -0.39 is 11.8 Å². The lowest BCUT2D eigenvalue weighted by Gasteiger charge is -2.09. The van der Waals surface area contributed by atoms with Crippen molar-refractivity contribution in [3.05, 3.63) is 62.6 Å². The average molecular weight is 425 g/mol. The van der Waals surface area contributed by atoms with Gasteiger partial charge in [0, 0.05) is 10.7 Å². The van der Waals surface area contributed by atoms with Gasteiger partial charge in [-0.15, -0.1) is 0 Å². The molecule has 0 saturated carbocycles. The van der Waals surface area contributed by atoms with Crippen LogP contribution in [0.2, 0.25) is 15.1 Å². The zero-order chi connectivity index (χ0) is 20.0. The molecular formula is C18H12Cl3N3O3. The minimum Gasteiger partial charge on any atom is -0.481 e. The van der Waals surface area contributed by atoms with Crippen LogP contribution < -0.4 is 15.8 Å². The fourth-order valence-electron chi connectivity index (χ4n) is 2.02. The van der Waals surface area contributed by atoms with Crippen molar-refractivity contribution in [3.8, 4) is 11.8 Å². The molecule has 9 heteroatoms. The van der Waals surface area contributed by atoms with Gasteiger partial charge in [-0.2, -0.15) is 5.26 Å². The lowest BCUT2D eigenvalue weighted by Crippen LogP contribution is -2.20. The number of amides is 2. The molecule has 0 saturated heterocycles. The first kappa shape index (κ1) is 20.6. The fourth-order valence-corrected chi connectivity index (χ4v) is 2.83. The zero-order valence-electron chi connectivity index (χ0n) is 13.6. The van der Waals surface area contributed by atoms with Crippen LogP contribution in [0.1, 0.15) is 5.56 Å². The number of hydrogen-bond donors (Lipinski definition) is 2. The minimum absolute atomic E-state index is 0.0798. The standard InChI is InChI=1S/C18H12Cl3N3O3/c19-12-2-1-3-13(7-12)24-18(26)11(8-22)4-10-5-14(20)17(15(21)6-10)27-9-16(23)25/h1-7H,9H2,(H2,23,25)(H,24,26)/b11-4+. The number of benzene rings is 2. The molecule has 27 heavy (non-hydrogen) atoms. The fraction of sp³-hybridized carbons (Fsp3) is 0.0556. The molecule has 2 aromatic carbocycles. The average Bonchev–Trinajstić information content (AvgIpc) is 2.58. The summed E-state index contributed by atoms with van der Waals surface area (Å²) in [7, 11) is 0. The Hall–Kier alpha value is -2.72. The third-order valence-corrected chi connectivity index (χ3v) is 3.93. The van der Waals surface area contributed by atoms with Crippen molar-refractivity contribution in [1.29, 1.82) is 5.26 Å². The largest absolute Gasteiger partial charge is 0.481 e. The van der Waals surface area contributed by atoms with E-state index in [9.17, 15) is 14.9 Å². The molecule has 2 amide bonds. The number of ether oxygens (including phenoxy) is 1. The molecule has 0 aliphatic heterocycles. The summed E-state index contributed by atoms with van der Waals surface area (Å²) in [5.74, 6) is -1.23. The third kappa shape index (κ3) is 5.90. The van der Waals surface area contributed by atoms with E-state index in [0.29, 0.717) is 16.3 Å². The van der Waals surface area contributed by atoms with E-state index in [2.05, 4.69) is 5.32 Å². The normalized spacial score (nSPS) is 10.8. The highest BCUT2D eigenvalue weighted by atomic mass is 35.5. The van der Waals surface area contributed by atoms with Gasteiger partial charge in [-0.05, 0) is 42.0 Å². The van der Waals surface area contributed by atoms with E-state index in [4.69, 9.17) is 45.3 Å². The Morgan fingerprint density at radius 1 is 1.19 bits per heavy atom. The Kier molecular flexibility index (Phi) is 7.08. The maximum atomic E-state index is 12.3. The molecule has 2 rings (SSSR count). The quantitative estimate of drug-likeness (QED) is 0.539. The number of nitrogens with zero attached hydrogens (tertiary/aromatic N) is 1. The summed E-state index contributed by atoms with van der Waals surface area (Å²) in [6.07, 6.45) is 1.31. The number of hydrogen-bond acceptors (Lipinski definition) is 4. The molecule has 0 fully saturated rings. The second kappa shape index (κ2) is 9.28. The summed E-state index contributed by atoms with van der Waals surface area (Å²) >= 11 is 18.0. The number of nitrogens with one attached hydrogen (secondary N) is 1. The van der Waals surface area contributed by atoms with Crippen molar-refractivity contribution < 1.29 is 14.3 Å². The Bertz CT molecular complexity index is 945. The van der Waals surface area contributed by atoms with Gasteiger partial charge in [0.1, 0.15) is 11.6 Å². The topological polar surface area (TPSA) is 105 Å². The summed E-state index contributed by atoms with van der Waals surface area (Å²) in [4.78, 5) is 23.1. The van der Waals surface area contributed by atoms with Gasteiger partial charge in [0.25, 0.3) is 11.8 Å². The van der Waals surface area contributed by atoms with E-state index in [-0.39, 0.29) is 28.0 Å².